The zero-order valence-electron chi connectivity index (χ0n) is 13.3. The molecule has 1 aliphatic rings. The molecule has 0 aromatic heterocycles. The Morgan fingerprint density at radius 2 is 1.86 bits per heavy atom. The lowest BCUT2D eigenvalue weighted by molar-refractivity contribution is -0.141. The average molecular weight is 321 g/mol. The molecule has 120 valence electrons. The molecule has 1 N–H and O–H groups in total. The maximum Gasteiger partial charge on any atom is 0.308 e. The smallest absolute Gasteiger partial charge is 0.308 e. The van der Waals surface area contributed by atoms with Gasteiger partial charge in [-0.25, -0.2) is 0 Å². The van der Waals surface area contributed by atoms with Gasteiger partial charge < -0.3 is 10.0 Å². The molecule has 1 aromatic carbocycles. The lowest BCUT2D eigenvalue weighted by Crippen LogP contribution is -2.32. The summed E-state index contributed by atoms with van der Waals surface area (Å²) in [6, 6.07) is 9.62. The molecule has 2 atom stereocenters. The number of nitrogens with zero attached hydrogens (tertiary/aromatic N) is 1. The standard InChI is InChI=1S/C17H23NO3S/c1-17(2,3)22-11-15(19)18-9-13(14(10-18)16(20)21)12-7-5-4-6-8-12/h4-8,13-14H,9-11H2,1-3H3,(H,20,21)/t13-,14-/m0/s1. The van der Waals surface area contributed by atoms with Crippen molar-refractivity contribution < 1.29 is 14.7 Å². The summed E-state index contributed by atoms with van der Waals surface area (Å²) in [6.07, 6.45) is 0. The summed E-state index contributed by atoms with van der Waals surface area (Å²) in [5, 5.41) is 9.46. The summed E-state index contributed by atoms with van der Waals surface area (Å²) in [4.78, 5) is 25.6. The Morgan fingerprint density at radius 1 is 1.23 bits per heavy atom. The van der Waals surface area contributed by atoms with Gasteiger partial charge in [0, 0.05) is 23.8 Å². The first kappa shape index (κ1) is 16.9. The van der Waals surface area contributed by atoms with Gasteiger partial charge in [0.25, 0.3) is 0 Å². The van der Waals surface area contributed by atoms with E-state index in [1.807, 2.05) is 30.3 Å². The number of hydrogen-bond donors (Lipinski definition) is 1. The first-order chi connectivity index (χ1) is 10.3. The van der Waals surface area contributed by atoms with E-state index in [-0.39, 0.29) is 16.6 Å². The first-order valence-electron chi connectivity index (χ1n) is 7.47. The Bertz CT molecular complexity index is 539. The van der Waals surface area contributed by atoms with Crippen LogP contribution in [0.1, 0.15) is 32.3 Å². The number of carbonyl (C=O) groups is 2. The Hall–Kier alpha value is -1.49. The molecule has 5 heteroatoms. The van der Waals surface area contributed by atoms with E-state index >= 15 is 0 Å². The molecule has 1 saturated heterocycles. The van der Waals surface area contributed by atoms with Crippen molar-refractivity contribution in [1.29, 1.82) is 0 Å². The number of hydrogen-bond acceptors (Lipinski definition) is 3. The monoisotopic (exact) mass is 321 g/mol. The van der Waals surface area contributed by atoms with Crippen LogP contribution < -0.4 is 0 Å². The van der Waals surface area contributed by atoms with Crippen molar-refractivity contribution >= 4 is 23.6 Å². The van der Waals surface area contributed by atoms with Crippen LogP contribution in [0.3, 0.4) is 0 Å². The maximum atomic E-state index is 12.3. The summed E-state index contributed by atoms with van der Waals surface area (Å²) in [5.41, 5.74) is 0.994. The van der Waals surface area contributed by atoms with Crippen molar-refractivity contribution in [1.82, 2.24) is 4.90 Å². The number of rotatable bonds is 4. The number of carboxylic acids is 1. The average Bonchev–Trinajstić information content (AvgIpc) is 2.90. The van der Waals surface area contributed by atoms with Gasteiger partial charge in [0.1, 0.15) is 0 Å². The van der Waals surface area contributed by atoms with Gasteiger partial charge in [0.05, 0.1) is 11.7 Å². The van der Waals surface area contributed by atoms with Crippen molar-refractivity contribution in [2.24, 2.45) is 5.92 Å². The van der Waals surface area contributed by atoms with Gasteiger partial charge in [-0.3, -0.25) is 9.59 Å². The van der Waals surface area contributed by atoms with E-state index in [9.17, 15) is 14.7 Å². The third-order valence-corrected chi connectivity index (χ3v) is 5.10. The van der Waals surface area contributed by atoms with Gasteiger partial charge in [0.2, 0.25) is 5.91 Å². The fourth-order valence-electron chi connectivity index (χ4n) is 2.67. The second kappa shape index (κ2) is 6.73. The third-order valence-electron chi connectivity index (χ3n) is 3.85. The fraction of sp³-hybridized carbons (Fsp3) is 0.529. The van der Waals surface area contributed by atoms with Crippen LogP contribution in [0.4, 0.5) is 0 Å². The lowest BCUT2D eigenvalue weighted by Gasteiger charge is -2.21. The van der Waals surface area contributed by atoms with E-state index in [2.05, 4.69) is 20.8 Å². The van der Waals surface area contributed by atoms with Gasteiger partial charge in [0.15, 0.2) is 0 Å². The molecule has 1 heterocycles. The molecule has 0 unspecified atom stereocenters. The zero-order chi connectivity index (χ0) is 16.3. The largest absolute Gasteiger partial charge is 0.481 e. The molecule has 0 spiro atoms. The van der Waals surface area contributed by atoms with Crippen LogP contribution in [-0.4, -0.2) is 45.5 Å². The number of benzene rings is 1. The second-order valence-electron chi connectivity index (χ2n) is 6.66. The number of carboxylic acid groups (broad SMARTS) is 1. The minimum absolute atomic E-state index is 0.0282. The molecule has 22 heavy (non-hydrogen) atoms. The minimum atomic E-state index is -0.826. The van der Waals surface area contributed by atoms with Crippen LogP contribution in [0.2, 0.25) is 0 Å². The predicted octanol–water partition coefficient (Wildman–Crippen LogP) is 2.84. The number of aliphatic carboxylic acids is 1. The zero-order valence-corrected chi connectivity index (χ0v) is 14.1. The highest BCUT2D eigenvalue weighted by atomic mass is 32.2. The molecular weight excluding hydrogens is 298 g/mol. The van der Waals surface area contributed by atoms with Crippen molar-refractivity contribution in [3.8, 4) is 0 Å². The van der Waals surface area contributed by atoms with E-state index in [0.29, 0.717) is 18.8 Å². The predicted molar refractivity (Wildman–Crippen MR) is 89.1 cm³/mol. The van der Waals surface area contributed by atoms with Gasteiger partial charge in [-0.1, -0.05) is 51.1 Å². The summed E-state index contributed by atoms with van der Waals surface area (Å²) >= 11 is 1.60. The molecule has 0 bridgehead atoms. The number of carbonyl (C=O) groups excluding carboxylic acids is 1. The molecule has 0 aliphatic carbocycles. The summed E-state index contributed by atoms with van der Waals surface area (Å²) in [5.74, 6) is -1.04. The molecule has 4 nitrogen and oxygen atoms in total. The van der Waals surface area contributed by atoms with Crippen LogP contribution in [0.25, 0.3) is 0 Å². The number of amides is 1. The highest BCUT2D eigenvalue weighted by molar-refractivity contribution is 8.01. The summed E-state index contributed by atoms with van der Waals surface area (Å²) in [6.45, 7) is 7.01. The molecule has 1 aliphatic heterocycles. The van der Waals surface area contributed by atoms with Gasteiger partial charge in [-0.2, -0.15) is 0 Å². The SMILES string of the molecule is CC(C)(C)SCC(=O)N1C[C@H](C(=O)O)[C@H](c2ccccc2)C1. The van der Waals surface area contributed by atoms with Crippen LogP contribution in [0.5, 0.6) is 0 Å². The molecule has 1 aromatic rings. The van der Waals surface area contributed by atoms with Gasteiger partial charge in [-0.15, -0.1) is 11.8 Å². The van der Waals surface area contributed by atoms with Crippen LogP contribution in [0.15, 0.2) is 30.3 Å². The molecule has 1 fully saturated rings. The maximum absolute atomic E-state index is 12.3. The van der Waals surface area contributed by atoms with E-state index < -0.39 is 11.9 Å². The van der Waals surface area contributed by atoms with E-state index in [0.717, 1.165) is 5.56 Å². The summed E-state index contributed by atoms with van der Waals surface area (Å²) < 4.78 is 0.0282. The highest BCUT2D eigenvalue weighted by Crippen LogP contribution is 2.33. The van der Waals surface area contributed by atoms with Gasteiger partial charge >= 0.3 is 5.97 Å². The van der Waals surface area contributed by atoms with E-state index in [1.54, 1.807) is 16.7 Å². The fourth-order valence-corrected chi connectivity index (χ4v) is 3.40. The number of thioether (sulfide) groups is 1. The number of likely N-dealkylation sites (tertiary alicyclic amines) is 1. The molecule has 0 radical (unpaired) electrons. The highest BCUT2D eigenvalue weighted by Gasteiger charge is 2.40. The van der Waals surface area contributed by atoms with Crippen LogP contribution in [0, 0.1) is 5.92 Å². The molecule has 1 amide bonds. The van der Waals surface area contributed by atoms with Crippen LogP contribution in [-0.2, 0) is 9.59 Å². The lowest BCUT2D eigenvalue weighted by atomic mass is 9.89. The molecule has 0 saturated carbocycles. The topological polar surface area (TPSA) is 57.6 Å². The molecule has 2 rings (SSSR count). The van der Waals surface area contributed by atoms with Crippen molar-refractivity contribution in [3.05, 3.63) is 35.9 Å². The van der Waals surface area contributed by atoms with E-state index in [1.165, 1.54) is 0 Å². The Morgan fingerprint density at radius 3 is 2.41 bits per heavy atom. The first-order valence-corrected chi connectivity index (χ1v) is 8.46. The quantitative estimate of drug-likeness (QED) is 0.926. The normalized spacial score (nSPS) is 21.9. The van der Waals surface area contributed by atoms with Gasteiger partial charge in [-0.05, 0) is 5.56 Å². The van der Waals surface area contributed by atoms with Crippen molar-refractivity contribution in [3.63, 3.8) is 0 Å². The Balaban J connectivity index is 2.08. The molecular formula is C17H23NO3S. The summed E-state index contributed by atoms with van der Waals surface area (Å²) in [7, 11) is 0. The third kappa shape index (κ3) is 4.26. The Labute approximate surface area is 135 Å². The van der Waals surface area contributed by atoms with E-state index in [4.69, 9.17) is 0 Å². The van der Waals surface area contributed by atoms with Crippen molar-refractivity contribution in [2.75, 3.05) is 18.8 Å². The van der Waals surface area contributed by atoms with Crippen molar-refractivity contribution in [2.45, 2.75) is 31.4 Å². The Kier molecular flexibility index (Phi) is 5.16. The minimum Gasteiger partial charge on any atom is -0.481 e. The van der Waals surface area contributed by atoms with Crippen LogP contribution >= 0.6 is 11.8 Å². The second-order valence-corrected chi connectivity index (χ2v) is 8.46.